The van der Waals surface area contributed by atoms with Crippen molar-refractivity contribution in [1.82, 2.24) is 0 Å². The van der Waals surface area contributed by atoms with Crippen LogP contribution in [0.15, 0.2) is 24.3 Å². The zero-order chi connectivity index (χ0) is 16.3. The van der Waals surface area contributed by atoms with E-state index < -0.39 is 5.41 Å². The molecule has 3 rings (SSSR count). The van der Waals surface area contributed by atoms with Gasteiger partial charge in [0, 0.05) is 0 Å². The molecule has 0 saturated heterocycles. The zero-order valence-corrected chi connectivity index (χ0v) is 14.2. The summed E-state index contributed by atoms with van der Waals surface area (Å²) in [5.74, 6) is 1.08. The minimum Gasteiger partial charge on any atom is -0.508 e. The normalized spacial score (nSPS) is 29.4. The molecule has 0 aliphatic heterocycles. The van der Waals surface area contributed by atoms with Crippen LogP contribution in [0.25, 0.3) is 0 Å². The van der Waals surface area contributed by atoms with Gasteiger partial charge in [-0.1, -0.05) is 39.8 Å². The van der Waals surface area contributed by atoms with E-state index in [-0.39, 0.29) is 23.0 Å². The SMILES string of the molecule is CC(C)c1cc2c(cc1O)C1(C)C(=O)C=CC(C)(C)C1CC2. The van der Waals surface area contributed by atoms with Crippen molar-refractivity contribution in [1.29, 1.82) is 0 Å². The summed E-state index contributed by atoms with van der Waals surface area (Å²) in [6.45, 7) is 10.7. The largest absolute Gasteiger partial charge is 0.508 e. The first-order chi connectivity index (χ1) is 10.2. The molecule has 2 unspecified atom stereocenters. The maximum absolute atomic E-state index is 12.8. The molecule has 1 N–H and O–H groups in total. The van der Waals surface area contributed by atoms with E-state index in [0.29, 0.717) is 5.75 Å². The third-order valence-electron chi connectivity index (χ3n) is 5.91. The fourth-order valence-electron chi connectivity index (χ4n) is 4.58. The average Bonchev–Trinajstić information content (AvgIpc) is 2.43. The minimum atomic E-state index is -0.515. The molecular weight excluding hydrogens is 272 g/mol. The van der Waals surface area contributed by atoms with E-state index in [4.69, 9.17) is 0 Å². The Morgan fingerprint density at radius 3 is 2.55 bits per heavy atom. The molecule has 0 amide bonds. The number of ketones is 1. The van der Waals surface area contributed by atoms with Gasteiger partial charge in [-0.15, -0.1) is 0 Å². The molecule has 0 saturated carbocycles. The van der Waals surface area contributed by atoms with E-state index in [9.17, 15) is 9.90 Å². The molecular formula is C20H26O2. The van der Waals surface area contributed by atoms with Gasteiger partial charge in [-0.05, 0) is 65.8 Å². The second kappa shape index (κ2) is 4.71. The molecule has 0 heterocycles. The molecule has 2 nitrogen and oxygen atoms in total. The van der Waals surface area contributed by atoms with Crippen LogP contribution < -0.4 is 0 Å². The van der Waals surface area contributed by atoms with Crippen molar-refractivity contribution in [2.75, 3.05) is 0 Å². The third kappa shape index (κ3) is 1.96. The topological polar surface area (TPSA) is 37.3 Å². The molecule has 0 bridgehead atoms. The lowest BCUT2D eigenvalue weighted by Gasteiger charge is -2.50. The van der Waals surface area contributed by atoms with Crippen LogP contribution in [0.4, 0.5) is 0 Å². The molecule has 118 valence electrons. The highest BCUT2D eigenvalue weighted by atomic mass is 16.3. The minimum absolute atomic E-state index is 0.00664. The number of rotatable bonds is 1. The number of aryl methyl sites for hydroxylation is 1. The summed E-state index contributed by atoms with van der Waals surface area (Å²) in [6, 6.07) is 3.99. The summed E-state index contributed by atoms with van der Waals surface area (Å²) in [7, 11) is 0. The fourth-order valence-corrected chi connectivity index (χ4v) is 4.58. The summed E-state index contributed by atoms with van der Waals surface area (Å²) >= 11 is 0. The summed E-state index contributed by atoms with van der Waals surface area (Å²) < 4.78 is 0. The molecule has 2 atom stereocenters. The lowest BCUT2D eigenvalue weighted by Crippen LogP contribution is -2.51. The molecule has 1 aromatic carbocycles. The Morgan fingerprint density at radius 2 is 1.91 bits per heavy atom. The number of hydrogen-bond donors (Lipinski definition) is 1. The molecule has 2 heteroatoms. The van der Waals surface area contributed by atoms with Gasteiger partial charge >= 0.3 is 0 Å². The van der Waals surface area contributed by atoms with E-state index in [1.807, 2.05) is 6.07 Å². The van der Waals surface area contributed by atoms with E-state index in [1.165, 1.54) is 5.56 Å². The van der Waals surface area contributed by atoms with Gasteiger partial charge in [-0.25, -0.2) is 0 Å². The fraction of sp³-hybridized carbons (Fsp3) is 0.550. The smallest absolute Gasteiger partial charge is 0.165 e. The maximum Gasteiger partial charge on any atom is 0.165 e. The first-order valence-electron chi connectivity index (χ1n) is 8.28. The monoisotopic (exact) mass is 298 g/mol. The second-order valence-electron chi connectivity index (χ2n) is 8.04. The lowest BCUT2D eigenvalue weighted by molar-refractivity contribution is -0.124. The van der Waals surface area contributed by atoms with Gasteiger partial charge in [0.1, 0.15) is 5.75 Å². The Kier molecular flexibility index (Phi) is 3.28. The van der Waals surface area contributed by atoms with Crippen LogP contribution in [0.2, 0.25) is 0 Å². The molecule has 22 heavy (non-hydrogen) atoms. The van der Waals surface area contributed by atoms with Crippen molar-refractivity contribution in [2.24, 2.45) is 11.3 Å². The van der Waals surface area contributed by atoms with Crippen LogP contribution in [0, 0.1) is 11.3 Å². The highest BCUT2D eigenvalue weighted by Crippen LogP contribution is 2.54. The highest BCUT2D eigenvalue weighted by molar-refractivity contribution is 6.00. The average molecular weight is 298 g/mol. The van der Waals surface area contributed by atoms with E-state index in [1.54, 1.807) is 6.08 Å². The highest BCUT2D eigenvalue weighted by Gasteiger charge is 2.52. The number of carbonyl (C=O) groups is 1. The van der Waals surface area contributed by atoms with E-state index in [2.05, 4.69) is 46.8 Å². The number of aromatic hydroxyl groups is 1. The Balaban J connectivity index is 2.22. The van der Waals surface area contributed by atoms with Crippen molar-refractivity contribution >= 4 is 5.78 Å². The van der Waals surface area contributed by atoms with Crippen molar-refractivity contribution in [3.63, 3.8) is 0 Å². The van der Waals surface area contributed by atoms with Crippen LogP contribution in [0.1, 0.15) is 63.6 Å². The molecule has 1 aromatic rings. The summed E-state index contributed by atoms with van der Waals surface area (Å²) in [6.07, 6.45) is 5.82. The number of phenols is 1. The summed E-state index contributed by atoms with van der Waals surface area (Å²) in [4.78, 5) is 12.8. The quantitative estimate of drug-likeness (QED) is 0.828. The van der Waals surface area contributed by atoms with Crippen molar-refractivity contribution in [3.05, 3.63) is 41.0 Å². The predicted molar refractivity (Wildman–Crippen MR) is 89.3 cm³/mol. The summed E-state index contributed by atoms with van der Waals surface area (Å²) in [5.41, 5.74) is 2.75. The van der Waals surface area contributed by atoms with E-state index >= 15 is 0 Å². The van der Waals surface area contributed by atoms with Crippen LogP contribution >= 0.6 is 0 Å². The van der Waals surface area contributed by atoms with Gasteiger partial charge in [0.25, 0.3) is 0 Å². The lowest BCUT2D eigenvalue weighted by atomic mass is 9.52. The van der Waals surface area contributed by atoms with Gasteiger partial charge in [-0.3, -0.25) is 4.79 Å². The van der Waals surface area contributed by atoms with Crippen LogP contribution in [0.5, 0.6) is 5.75 Å². The van der Waals surface area contributed by atoms with Gasteiger partial charge in [-0.2, -0.15) is 0 Å². The first-order valence-corrected chi connectivity index (χ1v) is 8.28. The Bertz CT molecular complexity index is 667. The molecule has 0 radical (unpaired) electrons. The molecule has 2 aliphatic rings. The molecule has 0 aromatic heterocycles. The number of hydrogen-bond acceptors (Lipinski definition) is 2. The Hall–Kier alpha value is -1.57. The number of allylic oxidation sites excluding steroid dienone is 2. The Labute approximate surface area is 133 Å². The van der Waals surface area contributed by atoms with Crippen molar-refractivity contribution < 1.29 is 9.90 Å². The van der Waals surface area contributed by atoms with Crippen LogP contribution in [-0.4, -0.2) is 10.9 Å². The van der Waals surface area contributed by atoms with Gasteiger partial charge in [0.2, 0.25) is 0 Å². The number of phenolic OH excluding ortho intramolecular Hbond substituents is 1. The number of carbonyl (C=O) groups excluding carboxylic acids is 1. The Morgan fingerprint density at radius 1 is 1.23 bits per heavy atom. The van der Waals surface area contributed by atoms with Crippen LogP contribution in [0.3, 0.4) is 0 Å². The van der Waals surface area contributed by atoms with Crippen LogP contribution in [-0.2, 0) is 16.6 Å². The second-order valence-corrected chi connectivity index (χ2v) is 8.04. The van der Waals surface area contributed by atoms with Crippen molar-refractivity contribution in [3.8, 4) is 5.75 Å². The summed E-state index contributed by atoms with van der Waals surface area (Å²) in [5, 5.41) is 10.4. The predicted octanol–water partition coefficient (Wildman–Crippen LogP) is 4.50. The zero-order valence-electron chi connectivity index (χ0n) is 14.2. The van der Waals surface area contributed by atoms with E-state index in [0.717, 1.165) is 24.0 Å². The van der Waals surface area contributed by atoms with Gasteiger partial charge in [0.05, 0.1) is 5.41 Å². The molecule has 0 spiro atoms. The van der Waals surface area contributed by atoms with Crippen molar-refractivity contribution in [2.45, 2.75) is 58.8 Å². The molecule has 2 aliphatic carbocycles. The number of benzene rings is 1. The standard InChI is InChI=1S/C20H26O2/c1-12(2)14-10-13-6-7-17-19(3,4)9-8-18(22)20(17,5)15(13)11-16(14)21/h8-12,17,21H,6-7H2,1-5H3. The maximum atomic E-state index is 12.8. The number of fused-ring (bicyclic) bond motifs is 3. The molecule has 0 fully saturated rings. The first kappa shape index (κ1) is 15.3. The van der Waals surface area contributed by atoms with Gasteiger partial charge in [0.15, 0.2) is 5.78 Å². The third-order valence-corrected chi connectivity index (χ3v) is 5.91. The van der Waals surface area contributed by atoms with Gasteiger partial charge < -0.3 is 5.11 Å².